The predicted molar refractivity (Wildman–Crippen MR) is 126 cm³/mol. The van der Waals surface area contributed by atoms with Gasteiger partial charge in [0.25, 0.3) is 16.0 Å². The highest BCUT2D eigenvalue weighted by molar-refractivity contribution is 7.98. The van der Waals surface area contributed by atoms with E-state index in [-0.39, 0.29) is 11.3 Å². The number of carboxylic acids is 1. The molecule has 3 rings (SSSR count). The van der Waals surface area contributed by atoms with Gasteiger partial charge in [-0.15, -0.1) is 11.3 Å². The Bertz CT molecular complexity index is 1180. The molecular weight excluding hydrogens is 520 g/mol. The molecule has 2 N–H and O–H groups in total. The zero-order chi connectivity index (χ0) is 25.6. The Labute approximate surface area is 209 Å². The van der Waals surface area contributed by atoms with E-state index in [9.17, 15) is 27.6 Å². The number of nitrogens with zero attached hydrogens (tertiary/aromatic N) is 1. The van der Waals surface area contributed by atoms with Crippen molar-refractivity contribution < 1.29 is 41.6 Å². The van der Waals surface area contributed by atoms with Gasteiger partial charge < -0.3 is 15.2 Å². The van der Waals surface area contributed by atoms with Gasteiger partial charge in [0, 0.05) is 4.88 Å². The van der Waals surface area contributed by atoms with Crippen LogP contribution in [0.3, 0.4) is 0 Å². The van der Waals surface area contributed by atoms with Crippen LogP contribution in [0.15, 0.2) is 46.7 Å². The Kier molecular flexibility index (Phi) is 8.88. The number of hydrogen-bond donors (Lipinski definition) is 2. The SMILES string of the molecule is Cc1ccc(S(=O)(=O)OC[C@@H]2[C@H](NC(=O)Cc3cccs3)C(=O)N2SCC(=O)OCC(=O)O)cc1. The van der Waals surface area contributed by atoms with E-state index in [0.29, 0.717) is 11.9 Å². The Morgan fingerprint density at radius 3 is 2.54 bits per heavy atom. The number of ether oxygens (including phenoxy) is 1. The molecule has 35 heavy (non-hydrogen) atoms. The van der Waals surface area contributed by atoms with Crippen LogP contribution in [0.1, 0.15) is 10.4 Å². The van der Waals surface area contributed by atoms with Gasteiger partial charge >= 0.3 is 11.9 Å². The van der Waals surface area contributed by atoms with E-state index in [2.05, 4.69) is 10.1 Å². The normalized spacial score (nSPS) is 17.5. The molecule has 188 valence electrons. The largest absolute Gasteiger partial charge is 0.479 e. The average Bonchev–Trinajstić information content (AvgIpc) is 3.31. The summed E-state index contributed by atoms with van der Waals surface area (Å²) in [5.74, 6) is -3.58. The van der Waals surface area contributed by atoms with Crippen LogP contribution in [0.5, 0.6) is 0 Å². The van der Waals surface area contributed by atoms with Crippen molar-refractivity contribution in [3.63, 3.8) is 0 Å². The summed E-state index contributed by atoms with van der Waals surface area (Å²) >= 11 is 2.09. The number of rotatable bonds is 12. The Hall–Kier alpha value is -2.94. The first-order valence-corrected chi connectivity index (χ1v) is 13.4. The lowest BCUT2D eigenvalue weighted by Crippen LogP contribution is -2.70. The molecule has 1 aliphatic rings. The monoisotopic (exact) mass is 542 g/mol. The number of aryl methyl sites for hydroxylation is 1. The number of nitrogens with one attached hydrogen (secondary N) is 1. The van der Waals surface area contributed by atoms with Crippen LogP contribution >= 0.6 is 23.3 Å². The molecular formula is C21H22N2O9S3. The number of benzene rings is 1. The minimum Gasteiger partial charge on any atom is -0.479 e. The van der Waals surface area contributed by atoms with Gasteiger partial charge in [-0.2, -0.15) is 8.42 Å². The van der Waals surface area contributed by atoms with Crippen molar-refractivity contribution in [1.82, 2.24) is 9.62 Å². The van der Waals surface area contributed by atoms with Crippen molar-refractivity contribution in [1.29, 1.82) is 0 Å². The van der Waals surface area contributed by atoms with Crippen LogP contribution in [0, 0.1) is 6.92 Å². The first-order valence-electron chi connectivity index (χ1n) is 10.2. The molecule has 2 heterocycles. The van der Waals surface area contributed by atoms with Gasteiger partial charge in [-0.1, -0.05) is 23.8 Å². The standard InChI is InChI=1S/C21H22N2O9S3/c1-13-4-6-15(7-5-13)35(29,30)32-10-16-20(22-17(24)9-14-3-2-8-33-14)21(28)23(16)34-12-19(27)31-11-18(25)26/h2-8,16,20H,9-12H2,1H3,(H,22,24)(H,25,26)/t16-,20+/m1/s1. The molecule has 2 amide bonds. The van der Waals surface area contributed by atoms with Gasteiger partial charge in [-0.05, 0) is 42.5 Å². The fourth-order valence-corrected chi connectivity index (χ4v) is 5.60. The number of aliphatic carboxylic acids is 1. The highest BCUT2D eigenvalue weighted by Crippen LogP contribution is 2.30. The number of esters is 1. The van der Waals surface area contributed by atoms with E-state index in [0.717, 1.165) is 14.7 Å². The van der Waals surface area contributed by atoms with Crippen molar-refractivity contribution in [2.24, 2.45) is 0 Å². The molecule has 1 fully saturated rings. The summed E-state index contributed by atoms with van der Waals surface area (Å²) in [6.07, 6.45) is 0.0470. The number of hydrogen-bond acceptors (Lipinski definition) is 10. The third-order valence-electron chi connectivity index (χ3n) is 4.78. The highest BCUT2D eigenvalue weighted by Gasteiger charge is 2.49. The molecule has 11 nitrogen and oxygen atoms in total. The predicted octanol–water partition coefficient (Wildman–Crippen LogP) is 0.976. The summed E-state index contributed by atoms with van der Waals surface area (Å²) in [5, 5.41) is 13.0. The summed E-state index contributed by atoms with van der Waals surface area (Å²) in [6, 6.07) is 7.61. The van der Waals surface area contributed by atoms with Crippen LogP contribution in [0.25, 0.3) is 0 Å². The van der Waals surface area contributed by atoms with Crippen LogP contribution in [-0.2, 0) is 44.6 Å². The van der Waals surface area contributed by atoms with Crippen molar-refractivity contribution in [2.75, 3.05) is 19.0 Å². The van der Waals surface area contributed by atoms with Crippen molar-refractivity contribution in [2.45, 2.75) is 30.3 Å². The maximum atomic E-state index is 12.7. The summed E-state index contributed by atoms with van der Waals surface area (Å²) in [5.41, 5.74) is 0.861. The second-order valence-corrected chi connectivity index (χ2v) is 11.0. The van der Waals surface area contributed by atoms with Crippen LogP contribution in [0.4, 0.5) is 0 Å². The summed E-state index contributed by atoms with van der Waals surface area (Å²) in [7, 11) is -4.15. The minimum atomic E-state index is -4.15. The molecule has 0 saturated carbocycles. The van der Waals surface area contributed by atoms with Gasteiger partial charge in [0.1, 0.15) is 11.8 Å². The maximum Gasteiger partial charge on any atom is 0.341 e. The number of carboxylic acid groups (broad SMARTS) is 1. The molecule has 0 bridgehead atoms. The van der Waals surface area contributed by atoms with E-state index in [1.807, 2.05) is 5.38 Å². The summed E-state index contributed by atoms with van der Waals surface area (Å²) < 4.78 is 36.0. The second kappa shape index (κ2) is 11.7. The molecule has 14 heteroatoms. The Morgan fingerprint density at radius 2 is 1.91 bits per heavy atom. The zero-order valence-electron chi connectivity index (χ0n) is 18.4. The van der Waals surface area contributed by atoms with Gasteiger partial charge in [-0.25, -0.2) is 4.79 Å². The number of amides is 2. The Balaban J connectivity index is 1.66. The lowest BCUT2D eigenvalue weighted by atomic mass is 9.99. The first-order chi connectivity index (χ1) is 16.6. The lowest BCUT2D eigenvalue weighted by Gasteiger charge is -2.45. The van der Waals surface area contributed by atoms with Crippen molar-refractivity contribution in [3.8, 4) is 0 Å². The highest BCUT2D eigenvalue weighted by atomic mass is 32.2. The van der Waals surface area contributed by atoms with Crippen molar-refractivity contribution >= 4 is 57.2 Å². The second-order valence-electron chi connectivity index (χ2n) is 7.41. The third-order valence-corrected chi connectivity index (χ3v) is 8.05. The molecule has 2 aromatic rings. The van der Waals surface area contributed by atoms with E-state index in [1.165, 1.54) is 23.5 Å². The third kappa shape index (κ3) is 7.27. The lowest BCUT2D eigenvalue weighted by molar-refractivity contribution is -0.153. The molecule has 1 aliphatic heterocycles. The summed E-state index contributed by atoms with van der Waals surface area (Å²) in [6.45, 7) is 0.510. The van der Waals surface area contributed by atoms with Gasteiger partial charge in [0.15, 0.2) is 6.61 Å². The maximum absolute atomic E-state index is 12.7. The average molecular weight is 543 g/mol. The van der Waals surface area contributed by atoms with E-state index in [1.54, 1.807) is 31.2 Å². The molecule has 0 radical (unpaired) electrons. The van der Waals surface area contributed by atoms with E-state index in [4.69, 9.17) is 9.29 Å². The van der Waals surface area contributed by atoms with Crippen molar-refractivity contribution in [3.05, 3.63) is 52.2 Å². The van der Waals surface area contributed by atoms with Crippen LogP contribution < -0.4 is 5.32 Å². The van der Waals surface area contributed by atoms with E-state index >= 15 is 0 Å². The zero-order valence-corrected chi connectivity index (χ0v) is 20.9. The number of carbonyl (C=O) groups excluding carboxylic acids is 3. The quantitative estimate of drug-likeness (QED) is 0.171. The Morgan fingerprint density at radius 1 is 1.20 bits per heavy atom. The molecule has 0 unspecified atom stereocenters. The minimum absolute atomic E-state index is 0.0470. The first kappa shape index (κ1) is 26.7. The molecule has 1 aromatic carbocycles. The molecule has 0 spiro atoms. The molecule has 1 aromatic heterocycles. The number of thiophene rings is 1. The van der Waals surface area contributed by atoms with Crippen LogP contribution in [-0.4, -0.2) is 72.6 Å². The fourth-order valence-electron chi connectivity index (χ4n) is 3.03. The van der Waals surface area contributed by atoms with E-state index < -0.39 is 64.9 Å². The molecule has 1 saturated heterocycles. The topological polar surface area (TPSA) is 156 Å². The fraction of sp³-hybridized carbons (Fsp3) is 0.333. The number of β-lactam (4-membered cyclic amide) rings is 1. The van der Waals surface area contributed by atoms with Crippen LogP contribution in [0.2, 0.25) is 0 Å². The summed E-state index contributed by atoms with van der Waals surface area (Å²) in [4.78, 5) is 48.1. The van der Waals surface area contributed by atoms with Gasteiger partial charge in [0.05, 0.1) is 24.0 Å². The smallest absolute Gasteiger partial charge is 0.341 e. The molecule has 2 atom stereocenters. The van der Waals surface area contributed by atoms with Gasteiger partial charge in [0.2, 0.25) is 5.91 Å². The van der Waals surface area contributed by atoms with Gasteiger partial charge in [-0.3, -0.25) is 22.9 Å². The number of carbonyl (C=O) groups is 4. The molecule has 0 aliphatic carbocycles.